The van der Waals surface area contributed by atoms with E-state index >= 15 is 0 Å². The molecule has 3 saturated heterocycles. The Labute approximate surface area is 230 Å². The number of carbonyl (C=O) groups is 2. The fourth-order valence-electron chi connectivity index (χ4n) is 5.98. The molecule has 1 aliphatic carbocycles. The largest absolute Gasteiger partial charge is 0.408 e. The molecular formula is C26H28F5N5O3S. The predicted molar refractivity (Wildman–Crippen MR) is 135 cm³/mol. The molecule has 2 atom stereocenters. The van der Waals surface area contributed by atoms with Crippen LogP contribution in [0, 0.1) is 5.92 Å². The Morgan fingerprint density at radius 1 is 1.07 bits per heavy atom. The van der Waals surface area contributed by atoms with Crippen LogP contribution in [0.25, 0.3) is 10.4 Å². The molecule has 0 aromatic carbocycles. The van der Waals surface area contributed by atoms with E-state index in [4.69, 9.17) is 4.74 Å². The molecule has 6 rings (SSSR count). The number of nitrogens with zero attached hydrogens (tertiary/aromatic N) is 3. The zero-order valence-electron chi connectivity index (χ0n) is 21.3. The molecule has 14 heteroatoms. The van der Waals surface area contributed by atoms with Gasteiger partial charge < -0.3 is 20.3 Å². The van der Waals surface area contributed by atoms with Crippen molar-refractivity contribution in [1.82, 2.24) is 20.2 Å². The third-order valence-electron chi connectivity index (χ3n) is 8.14. The Bertz CT molecular complexity index is 1270. The number of thiazole rings is 1. The first-order valence-corrected chi connectivity index (χ1v) is 14.3. The topological polar surface area (TPSA) is 96.4 Å². The Morgan fingerprint density at radius 3 is 2.35 bits per heavy atom. The Kier molecular flexibility index (Phi) is 7.18. The number of carbonyl (C=O) groups excluding carboxylic acids is 2. The summed E-state index contributed by atoms with van der Waals surface area (Å²) in [7, 11) is 0. The number of hydrogen-bond acceptors (Lipinski definition) is 7. The minimum absolute atomic E-state index is 0.0287. The van der Waals surface area contributed by atoms with Gasteiger partial charge in [-0.1, -0.05) is 0 Å². The molecule has 40 heavy (non-hydrogen) atoms. The summed E-state index contributed by atoms with van der Waals surface area (Å²) >= 11 is 0.799. The van der Waals surface area contributed by atoms with Crippen molar-refractivity contribution in [3.05, 3.63) is 28.5 Å². The Hall–Kier alpha value is -2.87. The lowest BCUT2D eigenvalue weighted by Gasteiger charge is -2.23. The second-order valence-corrected chi connectivity index (χ2v) is 11.9. The van der Waals surface area contributed by atoms with Gasteiger partial charge >= 0.3 is 6.18 Å². The quantitative estimate of drug-likeness (QED) is 0.415. The Morgan fingerprint density at radius 2 is 1.77 bits per heavy atom. The van der Waals surface area contributed by atoms with Crippen LogP contribution >= 0.6 is 11.3 Å². The summed E-state index contributed by atoms with van der Waals surface area (Å²) in [4.78, 5) is 36.9. The number of fused-ring (bicyclic) bond motifs is 2. The minimum Gasteiger partial charge on any atom is -0.379 e. The molecule has 0 radical (unpaired) electrons. The van der Waals surface area contributed by atoms with Gasteiger partial charge in [0, 0.05) is 36.0 Å². The highest BCUT2D eigenvalue weighted by Gasteiger charge is 2.49. The zero-order valence-corrected chi connectivity index (χ0v) is 22.2. The number of pyridine rings is 1. The fourth-order valence-corrected chi connectivity index (χ4v) is 6.97. The van der Waals surface area contributed by atoms with Gasteiger partial charge in [-0.25, -0.2) is 18.7 Å². The lowest BCUT2D eigenvalue weighted by Crippen LogP contribution is -2.38. The van der Waals surface area contributed by atoms with Gasteiger partial charge in [-0.2, -0.15) is 13.2 Å². The molecule has 4 fully saturated rings. The van der Waals surface area contributed by atoms with Crippen molar-refractivity contribution in [3.8, 4) is 10.4 Å². The van der Waals surface area contributed by atoms with Gasteiger partial charge in [0.2, 0.25) is 0 Å². The highest BCUT2D eigenvalue weighted by molar-refractivity contribution is 7.17. The SMILES string of the molecule is O=C(NC1CCOC1)c1nc(C(=O)N2C3CCC2CC3)c(-c2cnc(NC(C3CC3)C(F)(F)F)cc2C(F)F)s1. The van der Waals surface area contributed by atoms with Crippen molar-refractivity contribution < 1.29 is 36.3 Å². The normalized spacial score (nSPS) is 25.1. The number of alkyl halides is 5. The maximum Gasteiger partial charge on any atom is 0.408 e. The van der Waals surface area contributed by atoms with Crippen LogP contribution in [-0.4, -0.2) is 70.2 Å². The van der Waals surface area contributed by atoms with E-state index in [1.807, 2.05) is 0 Å². The summed E-state index contributed by atoms with van der Waals surface area (Å²) in [6, 6.07) is -1.17. The predicted octanol–water partition coefficient (Wildman–Crippen LogP) is 5.18. The molecule has 2 N–H and O–H groups in total. The second-order valence-electron chi connectivity index (χ2n) is 10.9. The van der Waals surface area contributed by atoms with E-state index in [0.717, 1.165) is 49.3 Å². The lowest BCUT2D eigenvalue weighted by molar-refractivity contribution is -0.146. The van der Waals surface area contributed by atoms with E-state index < -0.39 is 41.9 Å². The van der Waals surface area contributed by atoms with Crippen molar-refractivity contribution >= 4 is 29.0 Å². The maximum absolute atomic E-state index is 14.4. The molecule has 8 nitrogen and oxygen atoms in total. The number of nitrogens with one attached hydrogen (secondary N) is 2. The number of rotatable bonds is 8. The molecule has 0 spiro atoms. The van der Waals surface area contributed by atoms with E-state index in [1.165, 1.54) is 0 Å². The number of amides is 2. The molecule has 1 saturated carbocycles. The average molecular weight is 586 g/mol. The monoisotopic (exact) mass is 585 g/mol. The maximum atomic E-state index is 14.4. The van der Waals surface area contributed by atoms with Crippen LogP contribution in [0.4, 0.5) is 27.8 Å². The molecule has 2 amide bonds. The van der Waals surface area contributed by atoms with Crippen molar-refractivity contribution in [2.24, 2.45) is 5.92 Å². The number of hydrogen-bond donors (Lipinski definition) is 2. The zero-order chi connectivity index (χ0) is 28.2. The summed E-state index contributed by atoms with van der Waals surface area (Å²) in [5.41, 5.74) is -0.842. The van der Waals surface area contributed by atoms with Crippen molar-refractivity contribution in [1.29, 1.82) is 0 Å². The van der Waals surface area contributed by atoms with E-state index in [0.29, 0.717) is 32.5 Å². The highest BCUT2D eigenvalue weighted by Crippen LogP contribution is 2.44. The molecule has 2 bridgehead atoms. The van der Waals surface area contributed by atoms with Gasteiger partial charge in [-0.15, -0.1) is 11.3 Å². The first-order chi connectivity index (χ1) is 19.1. The van der Waals surface area contributed by atoms with Gasteiger partial charge in [0.1, 0.15) is 17.6 Å². The molecule has 2 unspecified atom stereocenters. The minimum atomic E-state index is -4.56. The van der Waals surface area contributed by atoms with Gasteiger partial charge in [-0.05, 0) is 56.9 Å². The average Bonchev–Trinajstić information content (AvgIpc) is 3.30. The Balaban J connectivity index is 1.37. The second kappa shape index (κ2) is 10.5. The molecule has 2 aromatic rings. The van der Waals surface area contributed by atoms with Crippen molar-refractivity contribution in [2.75, 3.05) is 18.5 Å². The standard InChI is InChI=1S/C26H28F5N5O3S/c27-22(28)16-9-18(34-21(12-1-2-12)26(29,30)31)32-10-17(16)20-19(25(38)36-14-3-4-15(36)6-5-14)35-24(40-20)23(37)33-13-7-8-39-11-13/h9-10,12-15,21-22H,1-8,11H2,(H,32,34)(H,33,37). The summed E-state index contributed by atoms with van der Waals surface area (Å²) in [5.74, 6) is -1.95. The van der Waals surface area contributed by atoms with Gasteiger partial charge in [0.15, 0.2) is 5.01 Å². The molecule has 5 heterocycles. The summed E-state index contributed by atoms with van der Waals surface area (Å²) in [5, 5.41) is 5.03. The summed E-state index contributed by atoms with van der Waals surface area (Å²) < 4.78 is 74.6. The smallest absolute Gasteiger partial charge is 0.379 e. The van der Waals surface area contributed by atoms with Crippen LogP contribution in [0.1, 0.15) is 77.2 Å². The van der Waals surface area contributed by atoms with Crippen LogP contribution in [0.15, 0.2) is 12.3 Å². The van der Waals surface area contributed by atoms with E-state index in [2.05, 4.69) is 20.6 Å². The van der Waals surface area contributed by atoms with Gasteiger partial charge in [0.05, 0.1) is 17.5 Å². The van der Waals surface area contributed by atoms with Crippen molar-refractivity contribution in [2.45, 2.75) is 81.7 Å². The van der Waals surface area contributed by atoms with Crippen molar-refractivity contribution in [3.63, 3.8) is 0 Å². The molecule has 216 valence electrons. The first kappa shape index (κ1) is 27.3. The molecule has 3 aliphatic heterocycles. The van der Waals surface area contributed by atoms with Crippen LogP contribution in [0.3, 0.4) is 0 Å². The summed E-state index contributed by atoms with van der Waals surface area (Å²) in [6.45, 7) is 0.829. The first-order valence-electron chi connectivity index (χ1n) is 13.4. The third kappa shape index (κ3) is 5.27. The van der Waals surface area contributed by atoms with Gasteiger partial charge in [-0.3, -0.25) is 9.59 Å². The third-order valence-corrected chi connectivity index (χ3v) is 9.23. The number of anilines is 1. The van der Waals surface area contributed by atoms with E-state index in [1.54, 1.807) is 4.90 Å². The molecular weight excluding hydrogens is 557 g/mol. The van der Waals surface area contributed by atoms with Crippen LogP contribution in [-0.2, 0) is 4.74 Å². The van der Waals surface area contributed by atoms with E-state index in [-0.39, 0.29) is 45.1 Å². The highest BCUT2D eigenvalue weighted by atomic mass is 32.1. The van der Waals surface area contributed by atoms with Crippen LogP contribution in [0.2, 0.25) is 0 Å². The van der Waals surface area contributed by atoms with Crippen LogP contribution in [0.5, 0.6) is 0 Å². The van der Waals surface area contributed by atoms with E-state index in [9.17, 15) is 31.5 Å². The summed E-state index contributed by atoms with van der Waals surface area (Å²) in [6.07, 6.45) is -1.84. The number of ether oxygens (including phenoxy) is 1. The van der Waals surface area contributed by atoms with Gasteiger partial charge in [0.25, 0.3) is 18.2 Å². The lowest BCUT2D eigenvalue weighted by atomic mass is 10.0. The number of aromatic nitrogens is 2. The molecule has 2 aromatic heterocycles. The fraction of sp³-hybridized carbons (Fsp3) is 0.615. The molecule has 4 aliphatic rings. The van der Waals surface area contributed by atoms with Crippen LogP contribution < -0.4 is 10.6 Å². The number of halogens is 5.